The van der Waals surface area contributed by atoms with Crippen LogP contribution in [0.3, 0.4) is 0 Å². The van der Waals surface area contributed by atoms with Crippen molar-refractivity contribution in [2.75, 3.05) is 0 Å². The zero-order valence-corrected chi connectivity index (χ0v) is 14.1. The molecule has 1 unspecified atom stereocenters. The number of aryl methyl sites for hydroxylation is 1. The second-order valence-electron chi connectivity index (χ2n) is 5.77. The van der Waals surface area contributed by atoms with Gasteiger partial charge in [0.05, 0.1) is 23.0 Å². The number of imidazole rings is 1. The Morgan fingerprint density at radius 1 is 1.20 bits per heavy atom. The molecule has 0 amide bonds. The van der Waals surface area contributed by atoms with Gasteiger partial charge in [0.2, 0.25) is 6.23 Å². The third-order valence-corrected chi connectivity index (χ3v) is 4.53. The van der Waals surface area contributed by atoms with Crippen molar-refractivity contribution in [3.05, 3.63) is 81.9 Å². The lowest BCUT2D eigenvalue weighted by atomic mass is 9.98. The normalized spacial score (nSPS) is 15.6. The smallest absolute Gasteiger partial charge is 0.205 e. The van der Waals surface area contributed by atoms with Crippen LogP contribution in [-0.2, 0) is 0 Å². The first-order valence-corrected chi connectivity index (χ1v) is 8.08. The molecule has 0 radical (unpaired) electrons. The molecule has 0 bridgehead atoms. The summed E-state index contributed by atoms with van der Waals surface area (Å²) in [5.41, 5.74) is 4.15. The molecule has 0 spiro atoms. The molecule has 2 aromatic carbocycles. The highest BCUT2D eigenvalue weighted by molar-refractivity contribution is 6.35. The van der Waals surface area contributed by atoms with Crippen LogP contribution in [0.2, 0.25) is 5.02 Å². The maximum absolute atomic E-state index is 10.6. The van der Waals surface area contributed by atoms with Crippen LogP contribution >= 0.6 is 11.6 Å². The van der Waals surface area contributed by atoms with Gasteiger partial charge in [-0.1, -0.05) is 29.8 Å². The second-order valence-corrected chi connectivity index (χ2v) is 6.18. The summed E-state index contributed by atoms with van der Waals surface area (Å²) < 4.78 is 1.86. The Kier molecular flexibility index (Phi) is 3.65. The molecular weight excluding hydrogens is 336 g/mol. The topological polar surface area (TPSA) is 74.2 Å². The average molecular weight is 349 g/mol. The van der Waals surface area contributed by atoms with Gasteiger partial charge in [-0.15, -0.1) is 0 Å². The van der Waals surface area contributed by atoms with Crippen LogP contribution in [0.4, 0.5) is 0 Å². The molecule has 1 atom stereocenters. The molecule has 0 fully saturated rings. The fraction of sp³-hybridized carbons (Fsp3) is 0.105. The fourth-order valence-electron chi connectivity index (χ4n) is 3.06. The summed E-state index contributed by atoms with van der Waals surface area (Å²) in [6, 6.07) is 14.8. The van der Waals surface area contributed by atoms with Gasteiger partial charge >= 0.3 is 0 Å². The van der Waals surface area contributed by atoms with Crippen molar-refractivity contribution in [1.82, 2.24) is 9.55 Å². The average Bonchev–Trinajstić information content (AvgIpc) is 2.95. The van der Waals surface area contributed by atoms with Gasteiger partial charge in [-0.2, -0.15) is 5.26 Å². The van der Waals surface area contributed by atoms with E-state index in [1.165, 1.54) is 0 Å². The van der Waals surface area contributed by atoms with Crippen LogP contribution in [0.5, 0.6) is 0 Å². The summed E-state index contributed by atoms with van der Waals surface area (Å²) in [7, 11) is 0. The van der Waals surface area contributed by atoms with Gasteiger partial charge in [0.1, 0.15) is 0 Å². The maximum Gasteiger partial charge on any atom is 0.205 e. The molecule has 25 heavy (non-hydrogen) atoms. The van der Waals surface area contributed by atoms with Gasteiger partial charge in [0.15, 0.2) is 5.82 Å². The molecule has 1 N–H and O–H groups in total. The number of halogens is 1. The number of aliphatic hydroxyl groups is 1. The minimum absolute atomic E-state index is 0.436. The zero-order chi connectivity index (χ0) is 17.6. The van der Waals surface area contributed by atoms with Crippen LogP contribution in [-0.4, -0.2) is 20.4 Å². The van der Waals surface area contributed by atoms with E-state index in [9.17, 15) is 10.4 Å². The molecule has 1 aliphatic heterocycles. The predicted molar refractivity (Wildman–Crippen MR) is 95.1 cm³/mol. The fourth-order valence-corrected chi connectivity index (χ4v) is 3.28. The van der Waals surface area contributed by atoms with Gasteiger partial charge < -0.3 is 5.11 Å². The Bertz CT molecular complexity index is 1060. The Morgan fingerprint density at radius 3 is 2.76 bits per heavy atom. The standard InChI is InChI=1S/C19H13ClN4O/c1-11-10-22-18-19(25)23-17(13-4-2-3-5-15(13)20)14-8-12(9-21)6-7-16(14)24(11)18/h2-8,10,19,25H,1H3. The number of nitrogens with zero attached hydrogens (tertiary/aromatic N) is 4. The van der Waals surface area contributed by atoms with E-state index in [2.05, 4.69) is 16.0 Å². The second kappa shape index (κ2) is 5.85. The monoisotopic (exact) mass is 348 g/mol. The third kappa shape index (κ3) is 2.43. The number of rotatable bonds is 1. The highest BCUT2D eigenvalue weighted by Gasteiger charge is 2.26. The summed E-state index contributed by atoms with van der Waals surface area (Å²) in [4.78, 5) is 8.77. The van der Waals surface area contributed by atoms with Crippen molar-refractivity contribution < 1.29 is 5.11 Å². The molecule has 0 saturated carbocycles. The van der Waals surface area contributed by atoms with E-state index in [0.29, 0.717) is 27.7 Å². The summed E-state index contributed by atoms with van der Waals surface area (Å²) in [6.07, 6.45) is 0.564. The van der Waals surface area contributed by atoms with E-state index in [1.54, 1.807) is 24.4 Å². The lowest BCUT2D eigenvalue weighted by Gasteiger charge is -2.14. The Balaban J connectivity index is 2.08. The minimum atomic E-state index is -1.13. The van der Waals surface area contributed by atoms with Crippen LogP contribution in [0.15, 0.2) is 53.7 Å². The van der Waals surface area contributed by atoms with Crippen LogP contribution < -0.4 is 0 Å². The van der Waals surface area contributed by atoms with E-state index < -0.39 is 6.23 Å². The number of benzene rings is 2. The number of hydrogen-bond acceptors (Lipinski definition) is 4. The largest absolute Gasteiger partial charge is 0.365 e. The van der Waals surface area contributed by atoms with Crippen molar-refractivity contribution in [1.29, 1.82) is 5.26 Å². The van der Waals surface area contributed by atoms with Crippen LogP contribution in [0, 0.1) is 18.3 Å². The van der Waals surface area contributed by atoms with Gasteiger partial charge in [-0.05, 0) is 31.2 Å². The van der Waals surface area contributed by atoms with Crippen LogP contribution in [0.1, 0.15) is 34.4 Å². The van der Waals surface area contributed by atoms with Crippen molar-refractivity contribution in [3.8, 4) is 11.8 Å². The maximum atomic E-state index is 10.6. The first-order valence-electron chi connectivity index (χ1n) is 7.70. The van der Waals surface area contributed by atoms with Crippen molar-refractivity contribution in [2.45, 2.75) is 13.2 Å². The zero-order valence-electron chi connectivity index (χ0n) is 13.3. The summed E-state index contributed by atoms with van der Waals surface area (Å²) in [5, 5.41) is 20.4. The molecule has 0 aliphatic carbocycles. The van der Waals surface area contributed by atoms with Crippen molar-refractivity contribution in [2.24, 2.45) is 4.99 Å². The lowest BCUT2D eigenvalue weighted by Crippen LogP contribution is -2.09. The van der Waals surface area contributed by atoms with E-state index in [4.69, 9.17) is 11.6 Å². The van der Waals surface area contributed by atoms with Gasteiger partial charge in [-0.25, -0.2) is 9.98 Å². The lowest BCUT2D eigenvalue weighted by molar-refractivity contribution is 0.177. The first-order chi connectivity index (χ1) is 12.1. The van der Waals surface area contributed by atoms with E-state index >= 15 is 0 Å². The number of aliphatic imine (C=N–C) groups is 1. The molecule has 122 valence electrons. The van der Waals surface area contributed by atoms with E-state index in [1.807, 2.05) is 35.8 Å². The molecule has 2 heterocycles. The predicted octanol–water partition coefficient (Wildman–Crippen LogP) is 3.55. The van der Waals surface area contributed by atoms with Crippen molar-refractivity contribution in [3.63, 3.8) is 0 Å². The summed E-state index contributed by atoms with van der Waals surface area (Å²) >= 11 is 6.37. The molecule has 4 rings (SSSR count). The number of hydrogen-bond donors (Lipinski definition) is 1. The van der Waals surface area contributed by atoms with Gasteiger partial charge in [0.25, 0.3) is 0 Å². The molecule has 1 aromatic heterocycles. The SMILES string of the molecule is Cc1cnc2n1-c1ccc(C#N)cc1C(c1ccccc1Cl)=NC2O. The molecular formula is C19H13ClN4O. The molecule has 3 aromatic rings. The quantitative estimate of drug-likeness (QED) is 0.730. The number of aromatic nitrogens is 2. The number of nitriles is 1. The Labute approximate surface area is 149 Å². The van der Waals surface area contributed by atoms with E-state index in [-0.39, 0.29) is 0 Å². The highest BCUT2D eigenvalue weighted by Crippen LogP contribution is 2.32. The molecule has 6 heteroatoms. The number of fused-ring (bicyclic) bond motifs is 3. The van der Waals surface area contributed by atoms with Crippen LogP contribution in [0.25, 0.3) is 5.69 Å². The van der Waals surface area contributed by atoms with Gasteiger partial charge in [0, 0.05) is 28.0 Å². The molecule has 0 saturated heterocycles. The molecule has 1 aliphatic rings. The van der Waals surface area contributed by atoms with Gasteiger partial charge in [-0.3, -0.25) is 4.57 Å². The van der Waals surface area contributed by atoms with Crippen molar-refractivity contribution >= 4 is 17.3 Å². The Hall–Kier alpha value is -2.94. The van der Waals surface area contributed by atoms with E-state index in [0.717, 1.165) is 16.9 Å². The third-order valence-electron chi connectivity index (χ3n) is 4.20. The highest BCUT2D eigenvalue weighted by atomic mass is 35.5. The first kappa shape index (κ1) is 15.6. The molecule has 5 nitrogen and oxygen atoms in total. The minimum Gasteiger partial charge on any atom is -0.365 e. The summed E-state index contributed by atoms with van der Waals surface area (Å²) in [6.45, 7) is 1.91. The summed E-state index contributed by atoms with van der Waals surface area (Å²) in [5.74, 6) is 0.436. The Morgan fingerprint density at radius 2 is 2.00 bits per heavy atom. The number of aliphatic hydroxyl groups excluding tert-OH is 1.